The van der Waals surface area contributed by atoms with Crippen LogP contribution in [0.2, 0.25) is 0 Å². The Kier molecular flexibility index (Phi) is 4.51. The predicted octanol–water partition coefficient (Wildman–Crippen LogP) is 2.68. The Bertz CT molecular complexity index is 557. The van der Waals surface area contributed by atoms with Gasteiger partial charge >= 0.3 is 0 Å². The van der Waals surface area contributed by atoms with Crippen molar-refractivity contribution in [3.05, 3.63) is 51.8 Å². The summed E-state index contributed by atoms with van der Waals surface area (Å²) < 4.78 is 5.57. The molecule has 1 aromatic carbocycles. The number of ether oxygens (including phenoxy) is 1. The largest absolute Gasteiger partial charge is 0.492 e. The van der Waals surface area contributed by atoms with Gasteiger partial charge in [0.05, 0.1) is 11.5 Å². The third-order valence-electron chi connectivity index (χ3n) is 2.53. The SMILES string of the molecule is O=[N+]([O-])c1ccc(OCCBr)c(Cc2ccn[nH]2)c1. The van der Waals surface area contributed by atoms with Crippen molar-refractivity contribution in [3.8, 4) is 5.75 Å². The lowest BCUT2D eigenvalue weighted by Gasteiger charge is -2.09. The normalized spacial score (nSPS) is 10.4. The van der Waals surface area contributed by atoms with Crippen LogP contribution in [0.25, 0.3) is 0 Å². The second-order valence-electron chi connectivity index (χ2n) is 3.85. The van der Waals surface area contributed by atoms with Crippen molar-refractivity contribution in [1.29, 1.82) is 0 Å². The zero-order valence-corrected chi connectivity index (χ0v) is 11.6. The van der Waals surface area contributed by atoms with E-state index in [0.717, 1.165) is 11.3 Å². The molecule has 6 nitrogen and oxygen atoms in total. The van der Waals surface area contributed by atoms with Gasteiger partial charge < -0.3 is 4.74 Å². The molecule has 0 spiro atoms. The molecule has 7 heteroatoms. The highest BCUT2D eigenvalue weighted by Crippen LogP contribution is 2.26. The third kappa shape index (κ3) is 3.54. The standard InChI is InChI=1S/C12H12BrN3O3/c13-4-6-19-12-2-1-11(16(17)18)8-9(12)7-10-3-5-14-15-10/h1-3,5,8H,4,6-7H2,(H,14,15). The fourth-order valence-electron chi connectivity index (χ4n) is 1.70. The maximum Gasteiger partial charge on any atom is 0.269 e. The predicted molar refractivity (Wildman–Crippen MR) is 73.8 cm³/mol. The van der Waals surface area contributed by atoms with Crippen molar-refractivity contribution < 1.29 is 9.66 Å². The van der Waals surface area contributed by atoms with E-state index in [4.69, 9.17) is 4.74 Å². The molecule has 0 unspecified atom stereocenters. The van der Waals surface area contributed by atoms with E-state index in [2.05, 4.69) is 26.1 Å². The summed E-state index contributed by atoms with van der Waals surface area (Å²) in [7, 11) is 0. The molecule has 2 rings (SSSR count). The monoisotopic (exact) mass is 325 g/mol. The first-order chi connectivity index (χ1) is 9.20. The first kappa shape index (κ1) is 13.5. The van der Waals surface area contributed by atoms with E-state index in [1.165, 1.54) is 12.1 Å². The molecule has 0 saturated carbocycles. The molecule has 19 heavy (non-hydrogen) atoms. The Hall–Kier alpha value is -1.89. The number of alkyl halides is 1. The zero-order chi connectivity index (χ0) is 13.7. The quantitative estimate of drug-likeness (QED) is 0.503. The number of nitro groups is 1. The summed E-state index contributed by atoms with van der Waals surface area (Å²) >= 11 is 3.28. The van der Waals surface area contributed by atoms with Crippen molar-refractivity contribution in [3.63, 3.8) is 0 Å². The minimum atomic E-state index is -0.412. The number of non-ortho nitro benzene ring substituents is 1. The molecule has 0 fully saturated rings. The van der Waals surface area contributed by atoms with Gasteiger partial charge in [-0.1, -0.05) is 15.9 Å². The highest BCUT2D eigenvalue weighted by Gasteiger charge is 2.12. The molecule has 1 heterocycles. The van der Waals surface area contributed by atoms with Crippen molar-refractivity contribution in [2.45, 2.75) is 6.42 Å². The molecule has 0 aliphatic heterocycles. The minimum absolute atomic E-state index is 0.0562. The summed E-state index contributed by atoms with van der Waals surface area (Å²) in [5.74, 6) is 0.652. The highest BCUT2D eigenvalue weighted by atomic mass is 79.9. The number of aromatic nitrogens is 2. The molecule has 0 bridgehead atoms. The number of nitrogens with one attached hydrogen (secondary N) is 1. The summed E-state index contributed by atoms with van der Waals surface area (Å²) in [6.45, 7) is 0.508. The van der Waals surface area contributed by atoms with Crippen LogP contribution in [0.15, 0.2) is 30.5 Å². The lowest BCUT2D eigenvalue weighted by atomic mass is 10.1. The summed E-state index contributed by atoms with van der Waals surface area (Å²) in [6, 6.07) is 6.43. The lowest BCUT2D eigenvalue weighted by Crippen LogP contribution is -2.02. The number of hydrogen-bond donors (Lipinski definition) is 1. The van der Waals surface area contributed by atoms with E-state index in [9.17, 15) is 10.1 Å². The summed E-state index contributed by atoms with van der Waals surface area (Å²) in [5.41, 5.74) is 1.70. The summed E-state index contributed by atoms with van der Waals surface area (Å²) in [6.07, 6.45) is 2.16. The number of aromatic amines is 1. The van der Waals surface area contributed by atoms with Crippen LogP contribution in [0.3, 0.4) is 0 Å². The molecule has 100 valence electrons. The van der Waals surface area contributed by atoms with Crippen LogP contribution in [-0.2, 0) is 6.42 Å². The van der Waals surface area contributed by atoms with Crippen LogP contribution in [-0.4, -0.2) is 27.1 Å². The number of nitro benzene ring substituents is 1. The fourth-order valence-corrected chi connectivity index (χ4v) is 1.86. The van der Waals surface area contributed by atoms with Gasteiger partial charge in [0.15, 0.2) is 0 Å². The first-order valence-electron chi connectivity index (χ1n) is 5.65. The van der Waals surface area contributed by atoms with Gasteiger partial charge in [0.1, 0.15) is 5.75 Å². The van der Waals surface area contributed by atoms with Gasteiger partial charge in [0.25, 0.3) is 5.69 Å². The van der Waals surface area contributed by atoms with E-state index < -0.39 is 4.92 Å². The number of rotatable bonds is 6. The number of H-pyrrole nitrogens is 1. The molecule has 1 N–H and O–H groups in total. The van der Waals surface area contributed by atoms with Crippen LogP contribution in [0.1, 0.15) is 11.3 Å². The van der Waals surface area contributed by atoms with Crippen molar-refractivity contribution in [1.82, 2.24) is 10.2 Å². The second kappa shape index (κ2) is 6.33. The van der Waals surface area contributed by atoms with Crippen molar-refractivity contribution >= 4 is 21.6 Å². The van der Waals surface area contributed by atoms with E-state index in [1.54, 1.807) is 12.3 Å². The maximum atomic E-state index is 10.8. The van der Waals surface area contributed by atoms with Gasteiger partial charge in [-0.25, -0.2) is 0 Å². The minimum Gasteiger partial charge on any atom is -0.492 e. The highest BCUT2D eigenvalue weighted by molar-refractivity contribution is 9.09. The maximum absolute atomic E-state index is 10.8. The van der Waals surface area contributed by atoms with Crippen LogP contribution in [0.5, 0.6) is 5.75 Å². The van der Waals surface area contributed by atoms with Gasteiger partial charge in [-0.05, 0) is 12.1 Å². The van der Waals surface area contributed by atoms with Gasteiger partial charge in [-0.2, -0.15) is 5.10 Å². The zero-order valence-electron chi connectivity index (χ0n) is 10.0. The van der Waals surface area contributed by atoms with E-state index in [-0.39, 0.29) is 5.69 Å². The van der Waals surface area contributed by atoms with Crippen molar-refractivity contribution in [2.24, 2.45) is 0 Å². The van der Waals surface area contributed by atoms with Gasteiger partial charge in [0, 0.05) is 41.3 Å². The Morgan fingerprint density at radius 1 is 1.42 bits per heavy atom. The van der Waals surface area contributed by atoms with E-state index in [0.29, 0.717) is 24.1 Å². The van der Waals surface area contributed by atoms with Crippen molar-refractivity contribution in [2.75, 3.05) is 11.9 Å². The smallest absolute Gasteiger partial charge is 0.269 e. The van der Waals surface area contributed by atoms with Crippen LogP contribution in [0, 0.1) is 10.1 Å². The lowest BCUT2D eigenvalue weighted by molar-refractivity contribution is -0.384. The molecular formula is C12H12BrN3O3. The van der Waals surface area contributed by atoms with Crippen LogP contribution < -0.4 is 4.74 Å². The average Bonchev–Trinajstić information content (AvgIpc) is 2.90. The molecule has 0 amide bonds. The van der Waals surface area contributed by atoms with Gasteiger partial charge in [-0.3, -0.25) is 15.2 Å². The Balaban J connectivity index is 2.29. The van der Waals surface area contributed by atoms with Crippen LogP contribution >= 0.6 is 15.9 Å². The number of halogens is 1. The second-order valence-corrected chi connectivity index (χ2v) is 4.64. The van der Waals surface area contributed by atoms with E-state index in [1.807, 2.05) is 6.07 Å². The third-order valence-corrected chi connectivity index (χ3v) is 2.85. The van der Waals surface area contributed by atoms with Gasteiger partial charge in [-0.15, -0.1) is 0 Å². The Labute approximate surface area is 118 Å². The molecule has 0 radical (unpaired) electrons. The first-order valence-corrected chi connectivity index (χ1v) is 6.77. The molecule has 1 aromatic heterocycles. The summed E-state index contributed by atoms with van der Waals surface area (Å²) in [4.78, 5) is 10.4. The molecular weight excluding hydrogens is 314 g/mol. The van der Waals surface area contributed by atoms with Gasteiger partial charge in [0.2, 0.25) is 0 Å². The molecule has 0 saturated heterocycles. The molecule has 2 aromatic rings. The number of hydrogen-bond acceptors (Lipinski definition) is 4. The molecule has 0 aliphatic carbocycles. The Morgan fingerprint density at radius 3 is 2.89 bits per heavy atom. The van der Waals surface area contributed by atoms with Crippen LogP contribution in [0.4, 0.5) is 5.69 Å². The molecule has 0 aliphatic rings. The Morgan fingerprint density at radius 2 is 2.26 bits per heavy atom. The topological polar surface area (TPSA) is 81.1 Å². The molecule has 0 atom stereocenters. The average molecular weight is 326 g/mol. The number of nitrogens with zero attached hydrogens (tertiary/aromatic N) is 2. The summed E-state index contributed by atoms with van der Waals surface area (Å²) in [5, 5.41) is 18.2. The fraction of sp³-hybridized carbons (Fsp3) is 0.250. The number of benzene rings is 1. The van der Waals surface area contributed by atoms with E-state index >= 15 is 0 Å².